The highest BCUT2D eigenvalue weighted by atomic mass is 35.5. The lowest BCUT2D eigenvalue weighted by atomic mass is 10.0. The smallest absolute Gasteiger partial charge is 0.340 e. The fraction of sp³-hybridized carbons (Fsp3) is 0.304. The zero-order chi connectivity index (χ0) is 21.4. The normalized spacial score (nSPS) is 15.3. The molecule has 0 amide bonds. The summed E-state index contributed by atoms with van der Waals surface area (Å²) in [5.74, 6) is -0.759. The molecule has 0 fully saturated rings. The van der Waals surface area contributed by atoms with E-state index >= 15 is 0 Å². The molecule has 0 bridgehead atoms. The minimum absolute atomic E-state index is 0.0728. The summed E-state index contributed by atoms with van der Waals surface area (Å²) >= 11 is 6.42. The molecule has 7 heteroatoms. The van der Waals surface area contributed by atoms with Crippen molar-refractivity contribution in [2.45, 2.75) is 25.4 Å². The van der Waals surface area contributed by atoms with Crippen LogP contribution in [-0.4, -0.2) is 30.7 Å². The second-order valence-electron chi connectivity index (χ2n) is 7.38. The molecule has 0 radical (unpaired) electrons. The van der Waals surface area contributed by atoms with Crippen LogP contribution >= 0.6 is 11.6 Å². The lowest BCUT2D eigenvalue weighted by Crippen LogP contribution is -2.22. The zero-order valence-corrected chi connectivity index (χ0v) is 17.9. The Labute approximate surface area is 179 Å². The summed E-state index contributed by atoms with van der Waals surface area (Å²) in [6.45, 7) is 0.457. The highest BCUT2D eigenvalue weighted by Crippen LogP contribution is 2.35. The molecule has 1 N–H and O–H groups in total. The quantitative estimate of drug-likeness (QED) is 0.620. The molecule has 4 rings (SSSR count). The minimum Gasteiger partial charge on any atom is -0.465 e. The number of aryl methyl sites for hydroxylation is 2. The number of benzene rings is 2. The number of hydrogen-bond donors (Lipinski definition) is 1. The number of halogens is 1. The third-order valence-electron chi connectivity index (χ3n) is 5.85. The van der Waals surface area contributed by atoms with Crippen LogP contribution < -0.4 is 5.32 Å². The van der Waals surface area contributed by atoms with Crippen LogP contribution in [0.15, 0.2) is 36.4 Å². The molecular weight excluding hydrogens is 404 g/mol. The van der Waals surface area contributed by atoms with Gasteiger partial charge in [0.1, 0.15) is 0 Å². The van der Waals surface area contributed by atoms with E-state index < -0.39 is 5.97 Å². The van der Waals surface area contributed by atoms with Crippen LogP contribution in [-0.2, 0) is 29.5 Å². The second kappa shape index (κ2) is 8.13. The van der Waals surface area contributed by atoms with Gasteiger partial charge in [0.2, 0.25) is 0 Å². The molecule has 0 aliphatic heterocycles. The number of nitrogens with zero attached hydrogens (tertiary/aromatic N) is 1. The van der Waals surface area contributed by atoms with Crippen LogP contribution in [0.5, 0.6) is 0 Å². The van der Waals surface area contributed by atoms with Crippen molar-refractivity contribution >= 4 is 34.4 Å². The van der Waals surface area contributed by atoms with Crippen molar-refractivity contribution in [3.63, 3.8) is 0 Å². The Kier molecular flexibility index (Phi) is 5.54. The second-order valence-corrected chi connectivity index (χ2v) is 7.79. The van der Waals surface area contributed by atoms with Crippen molar-refractivity contribution in [1.82, 2.24) is 9.88 Å². The van der Waals surface area contributed by atoms with Crippen LogP contribution in [0.25, 0.3) is 10.9 Å². The topological polar surface area (TPSA) is 69.6 Å². The Balaban J connectivity index is 1.68. The molecule has 2 aromatic carbocycles. The summed E-state index contributed by atoms with van der Waals surface area (Å²) < 4.78 is 11.9. The van der Waals surface area contributed by atoms with Gasteiger partial charge in [-0.1, -0.05) is 23.7 Å². The largest absolute Gasteiger partial charge is 0.465 e. The maximum atomic E-state index is 12.6. The lowest BCUT2D eigenvalue weighted by molar-refractivity contribution is 0.0591. The van der Waals surface area contributed by atoms with E-state index in [1.807, 2.05) is 35.9 Å². The summed E-state index contributed by atoms with van der Waals surface area (Å²) in [6.07, 6.45) is 1.84. The molecule has 1 aliphatic carbocycles. The van der Waals surface area contributed by atoms with E-state index in [0.717, 1.165) is 29.6 Å². The van der Waals surface area contributed by atoms with Gasteiger partial charge in [-0.15, -0.1) is 0 Å². The van der Waals surface area contributed by atoms with E-state index in [9.17, 15) is 9.59 Å². The van der Waals surface area contributed by atoms with Gasteiger partial charge in [0.15, 0.2) is 0 Å². The number of ether oxygens (including phenoxy) is 2. The molecular formula is C23H23ClN2O4. The highest BCUT2D eigenvalue weighted by molar-refractivity contribution is 6.36. The monoisotopic (exact) mass is 426 g/mol. The van der Waals surface area contributed by atoms with E-state index in [1.165, 1.54) is 19.8 Å². The standard InChI is InChI=1S/C23H23ClN2O4/c1-26-18-6-4-5-16(24)20(18)21(23(28)30-3)19(26)12-25-17-10-9-13-7-8-14(11-15(13)17)22(27)29-2/h4-8,11,17,25H,9-10,12H2,1-3H3. The van der Waals surface area contributed by atoms with E-state index in [0.29, 0.717) is 28.1 Å². The average Bonchev–Trinajstić information content (AvgIpc) is 3.30. The van der Waals surface area contributed by atoms with Gasteiger partial charge in [0.05, 0.1) is 35.9 Å². The molecule has 0 saturated carbocycles. The highest BCUT2D eigenvalue weighted by Gasteiger charge is 2.27. The van der Waals surface area contributed by atoms with Gasteiger partial charge in [0.25, 0.3) is 0 Å². The molecule has 3 aromatic rings. The Hall–Kier alpha value is -2.83. The van der Waals surface area contributed by atoms with Crippen molar-refractivity contribution in [3.05, 3.63) is 69.4 Å². The maximum Gasteiger partial charge on any atom is 0.340 e. The summed E-state index contributed by atoms with van der Waals surface area (Å²) in [4.78, 5) is 24.5. The Morgan fingerprint density at radius 2 is 1.93 bits per heavy atom. The molecule has 0 spiro atoms. The predicted molar refractivity (Wildman–Crippen MR) is 115 cm³/mol. The van der Waals surface area contributed by atoms with Crippen LogP contribution in [0.1, 0.15) is 50.0 Å². The molecule has 30 heavy (non-hydrogen) atoms. The fourth-order valence-corrected chi connectivity index (χ4v) is 4.57. The summed E-state index contributed by atoms with van der Waals surface area (Å²) in [5.41, 5.74) is 5.01. The third-order valence-corrected chi connectivity index (χ3v) is 6.16. The van der Waals surface area contributed by atoms with Gasteiger partial charge in [0, 0.05) is 30.7 Å². The van der Waals surface area contributed by atoms with Crippen molar-refractivity contribution in [2.75, 3.05) is 14.2 Å². The number of methoxy groups -OCH3 is 2. The molecule has 1 atom stereocenters. The van der Waals surface area contributed by atoms with Crippen molar-refractivity contribution < 1.29 is 19.1 Å². The van der Waals surface area contributed by atoms with Crippen LogP contribution in [0, 0.1) is 0 Å². The number of aromatic nitrogens is 1. The van der Waals surface area contributed by atoms with Crippen LogP contribution in [0.2, 0.25) is 5.02 Å². The number of fused-ring (bicyclic) bond motifs is 2. The number of rotatable bonds is 5. The molecule has 6 nitrogen and oxygen atoms in total. The Bertz CT molecular complexity index is 1150. The van der Waals surface area contributed by atoms with Crippen LogP contribution in [0.3, 0.4) is 0 Å². The maximum absolute atomic E-state index is 12.6. The first-order valence-corrected chi connectivity index (χ1v) is 10.1. The van der Waals surface area contributed by atoms with Crippen molar-refractivity contribution in [3.8, 4) is 0 Å². The van der Waals surface area contributed by atoms with Gasteiger partial charge in [-0.25, -0.2) is 9.59 Å². The predicted octanol–water partition coefficient (Wildman–Crippen LogP) is 4.18. The lowest BCUT2D eigenvalue weighted by Gasteiger charge is -2.16. The van der Waals surface area contributed by atoms with Crippen molar-refractivity contribution in [2.24, 2.45) is 7.05 Å². The third kappa shape index (κ3) is 3.36. The average molecular weight is 427 g/mol. The number of hydrogen-bond acceptors (Lipinski definition) is 5. The number of esters is 2. The van der Waals surface area contributed by atoms with Crippen molar-refractivity contribution in [1.29, 1.82) is 0 Å². The summed E-state index contributed by atoms with van der Waals surface area (Å²) in [7, 11) is 4.67. The first-order chi connectivity index (χ1) is 14.5. The Morgan fingerprint density at radius 3 is 2.67 bits per heavy atom. The molecule has 156 valence electrons. The first kappa shape index (κ1) is 20.4. The number of carbonyl (C=O) groups is 2. The van der Waals surface area contributed by atoms with Gasteiger partial charge >= 0.3 is 11.9 Å². The molecule has 0 saturated heterocycles. The van der Waals surface area contributed by atoms with E-state index in [1.54, 1.807) is 12.1 Å². The first-order valence-electron chi connectivity index (χ1n) is 9.74. The van der Waals surface area contributed by atoms with E-state index in [4.69, 9.17) is 21.1 Å². The molecule has 1 unspecified atom stereocenters. The van der Waals surface area contributed by atoms with Gasteiger partial charge in [-0.3, -0.25) is 0 Å². The fourth-order valence-electron chi connectivity index (χ4n) is 4.31. The molecule has 1 aliphatic rings. The summed E-state index contributed by atoms with van der Waals surface area (Å²) in [6, 6.07) is 11.3. The zero-order valence-electron chi connectivity index (χ0n) is 17.1. The SMILES string of the molecule is COC(=O)c1ccc2c(c1)C(NCc1c(C(=O)OC)c3c(Cl)cccc3n1C)CC2. The molecule has 1 heterocycles. The Morgan fingerprint density at radius 1 is 1.17 bits per heavy atom. The number of nitrogens with one attached hydrogen (secondary N) is 1. The van der Waals surface area contributed by atoms with Gasteiger partial charge < -0.3 is 19.4 Å². The van der Waals surface area contributed by atoms with E-state index in [-0.39, 0.29) is 12.0 Å². The number of carbonyl (C=O) groups excluding carboxylic acids is 2. The molecule has 1 aromatic heterocycles. The van der Waals surface area contributed by atoms with Gasteiger partial charge in [-0.2, -0.15) is 0 Å². The van der Waals surface area contributed by atoms with Crippen LogP contribution in [0.4, 0.5) is 0 Å². The van der Waals surface area contributed by atoms with E-state index in [2.05, 4.69) is 5.32 Å². The van der Waals surface area contributed by atoms with Gasteiger partial charge in [-0.05, 0) is 48.2 Å². The minimum atomic E-state index is -0.412. The summed E-state index contributed by atoms with van der Waals surface area (Å²) in [5, 5.41) is 4.77.